The quantitative estimate of drug-likeness (QED) is 0.867. The predicted octanol–water partition coefficient (Wildman–Crippen LogP) is 2.13. The Kier molecular flexibility index (Phi) is 4.71. The zero-order valence-electron chi connectivity index (χ0n) is 11.1. The van der Waals surface area contributed by atoms with Crippen LogP contribution in [0.5, 0.6) is 0 Å². The number of amides is 1. The van der Waals surface area contributed by atoms with Crippen LogP contribution in [0.15, 0.2) is 24.3 Å². The van der Waals surface area contributed by atoms with E-state index in [2.05, 4.69) is 5.32 Å². The fourth-order valence-electron chi connectivity index (χ4n) is 2.53. The third kappa shape index (κ3) is 3.79. The van der Waals surface area contributed by atoms with Crippen molar-refractivity contribution in [2.75, 3.05) is 0 Å². The van der Waals surface area contributed by atoms with E-state index in [1.807, 2.05) is 0 Å². The Morgan fingerprint density at radius 1 is 1.25 bits per heavy atom. The van der Waals surface area contributed by atoms with Crippen molar-refractivity contribution < 1.29 is 19.1 Å². The molecule has 1 fully saturated rings. The van der Waals surface area contributed by atoms with E-state index in [9.17, 15) is 19.1 Å². The zero-order valence-corrected chi connectivity index (χ0v) is 11.1. The average Bonchev–Trinajstić information content (AvgIpc) is 2.94. The summed E-state index contributed by atoms with van der Waals surface area (Å²) in [6.45, 7) is 0. The Labute approximate surface area is 117 Å². The van der Waals surface area contributed by atoms with Crippen molar-refractivity contribution in [3.8, 4) is 0 Å². The smallest absolute Gasteiger partial charge is 0.326 e. The van der Waals surface area contributed by atoms with Crippen molar-refractivity contribution in [1.29, 1.82) is 0 Å². The summed E-state index contributed by atoms with van der Waals surface area (Å²) in [4.78, 5) is 23.2. The summed E-state index contributed by atoms with van der Waals surface area (Å²) in [5, 5.41) is 11.8. The number of carboxylic acids is 1. The molecule has 108 valence electrons. The van der Waals surface area contributed by atoms with Gasteiger partial charge in [0.15, 0.2) is 0 Å². The van der Waals surface area contributed by atoms with Crippen LogP contribution in [0.25, 0.3) is 0 Å². The van der Waals surface area contributed by atoms with Gasteiger partial charge in [0.1, 0.15) is 11.9 Å². The van der Waals surface area contributed by atoms with Crippen LogP contribution in [0.3, 0.4) is 0 Å². The van der Waals surface area contributed by atoms with Gasteiger partial charge < -0.3 is 10.4 Å². The van der Waals surface area contributed by atoms with Crippen molar-refractivity contribution in [3.63, 3.8) is 0 Å². The molecule has 0 saturated heterocycles. The monoisotopic (exact) mass is 279 g/mol. The number of halogens is 1. The molecule has 1 aromatic rings. The van der Waals surface area contributed by atoms with E-state index >= 15 is 0 Å². The standard InChI is InChI=1S/C15H18FNO3/c16-12-7-5-10(6-8-12)9-13(15(19)20)17-14(18)11-3-1-2-4-11/h5-8,11,13H,1-4,9H2,(H,17,18)(H,19,20). The van der Waals surface area contributed by atoms with Gasteiger partial charge in [0.25, 0.3) is 0 Å². The number of carbonyl (C=O) groups is 2. The first-order chi connectivity index (χ1) is 9.56. The van der Waals surface area contributed by atoms with E-state index < -0.39 is 12.0 Å². The third-order valence-corrected chi connectivity index (χ3v) is 3.69. The minimum Gasteiger partial charge on any atom is -0.480 e. The maximum atomic E-state index is 12.8. The first-order valence-electron chi connectivity index (χ1n) is 6.84. The van der Waals surface area contributed by atoms with E-state index in [-0.39, 0.29) is 24.1 Å². The lowest BCUT2D eigenvalue weighted by Crippen LogP contribution is -2.44. The molecule has 2 N–H and O–H groups in total. The maximum absolute atomic E-state index is 12.8. The highest BCUT2D eigenvalue weighted by molar-refractivity contribution is 5.85. The fourth-order valence-corrected chi connectivity index (χ4v) is 2.53. The molecular formula is C15H18FNO3. The molecule has 1 aliphatic carbocycles. The van der Waals surface area contributed by atoms with Gasteiger partial charge in [0.2, 0.25) is 5.91 Å². The molecule has 0 aliphatic heterocycles. The molecule has 2 rings (SSSR count). The Morgan fingerprint density at radius 2 is 1.85 bits per heavy atom. The molecule has 1 amide bonds. The van der Waals surface area contributed by atoms with Gasteiger partial charge in [0, 0.05) is 12.3 Å². The van der Waals surface area contributed by atoms with Crippen LogP contribution < -0.4 is 5.32 Å². The number of hydrogen-bond donors (Lipinski definition) is 2. The summed E-state index contributed by atoms with van der Waals surface area (Å²) in [6, 6.07) is 4.67. The van der Waals surface area contributed by atoms with Gasteiger partial charge in [0.05, 0.1) is 0 Å². The van der Waals surface area contributed by atoms with E-state index in [1.165, 1.54) is 24.3 Å². The highest BCUT2D eigenvalue weighted by Crippen LogP contribution is 2.24. The molecule has 4 nitrogen and oxygen atoms in total. The minimum atomic E-state index is -1.07. The van der Waals surface area contributed by atoms with Gasteiger partial charge >= 0.3 is 5.97 Å². The molecule has 0 aromatic heterocycles. The molecule has 1 aliphatic rings. The topological polar surface area (TPSA) is 66.4 Å². The highest BCUT2D eigenvalue weighted by atomic mass is 19.1. The zero-order chi connectivity index (χ0) is 14.5. The summed E-state index contributed by atoms with van der Waals surface area (Å²) < 4.78 is 12.8. The van der Waals surface area contributed by atoms with Crippen molar-refractivity contribution in [2.45, 2.75) is 38.1 Å². The minimum absolute atomic E-state index is 0.0648. The molecule has 5 heteroatoms. The highest BCUT2D eigenvalue weighted by Gasteiger charge is 2.27. The second kappa shape index (κ2) is 6.50. The summed E-state index contributed by atoms with van der Waals surface area (Å²) in [6.07, 6.45) is 3.86. The lowest BCUT2D eigenvalue weighted by atomic mass is 10.0. The molecule has 20 heavy (non-hydrogen) atoms. The number of benzene rings is 1. The molecule has 0 heterocycles. The molecular weight excluding hydrogens is 261 g/mol. The van der Waals surface area contributed by atoms with Gasteiger partial charge in [-0.05, 0) is 30.5 Å². The van der Waals surface area contributed by atoms with Crippen LogP contribution in [0.1, 0.15) is 31.2 Å². The van der Waals surface area contributed by atoms with Crippen molar-refractivity contribution >= 4 is 11.9 Å². The number of aliphatic carboxylic acids is 1. The van der Waals surface area contributed by atoms with Crippen LogP contribution in [0.2, 0.25) is 0 Å². The Balaban J connectivity index is 1.98. The molecule has 0 bridgehead atoms. The second-order valence-corrected chi connectivity index (χ2v) is 5.21. The molecule has 1 unspecified atom stereocenters. The normalized spacial score (nSPS) is 16.9. The van der Waals surface area contributed by atoms with E-state index in [0.29, 0.717) is 5.56 Å². The average molecular weight is 279 g/mol. The van der Waals surface area contributed by atoms with E-state index in [4.69, 9.17) is 0 Å². The van der Waals surface area contributed by atoms with Crippen molar-refractivity contribution in [1.82, 2.24) is 5.32 Å². The third-order valence-electron chi connectivity index (χ3n) is 3.69. The van der Waals surface area contributed by atoms with E-state index in [1.54, 1.807) is 0 Å². The largest absolute Gasteiger partial charge is 0.480 e. The van der Waals surface area contributed by atoms with Crippen molar-refractivity contribution in [3.05, 3.63) is 35.6 Å². The van der Waals surface area contributed by atoms with Gasteiger partial charge in [-0.25, -0.2) is 9.18 Å². The van der Waals surface area contributed by atoms with Crippen LogP contribution in [0.4, 0.5) is 4.39 Å². The molecule has 1 atom stereocenters. The number of carboxylic acid groups (broad SMARTS) is 1. The van der Waals surface area contributed by atoms with Gasteiger partial charge in [-0.15, -0.1) is 0 Å². The number of hydrogen-bond acceptors (Lipinski definition) is 2. The number of carbonyl (C=O) groups excluding carboxylic acids is 1. The van der Waals surface area contributed by atoms with Crippen molar-refractivity contribution in [2.24, 2.45) is 5.92 Å². The first-order valence-corrected chi connectivity index (χ1v) is 6.84. The molecule has 0 radical (unpaired) electrons. The maximum Gasteiger partial charge on any atom is 0.326 e. The van der Waals surface area contributed by atoms with E-state index in [0.717, 1.165) is 25.7 Å². The lowest BCUT2D eigenvalue weighted by molar-refractivity contribution is -0.142. The summed E-state index contributed by atoms with van der Waals surface area (Å²) >= 11 is 0. The first kappa shape index (κ1) is 14.5. The predicted molar refractivity (Wildman–Crippen MR) is 71.6 cm³/mol. The van der Waals surface area contributed by atoms with Crippen LogP contribution in [-0.2, 0) is 16.0 Å². The van der Waals surface area contributed by atoms with Crippen LogP contribution >= 0.6 is 0 Å². The summed E-state index contributed by atoms with van der Waals surface area (Å²) in [5.41, 5.74) is 0.686. The van der Waals surface area contributed by atoms with Gasteiger partial charge in [-0.1, -0.05) is 25.0 Å². The summed E-state index contributed by atoms with van der Waals surface area (Å²) in [5.74, 6) is -1.68. The Hall–Kier alpha value is -1.91. The molecule has 0 spiro atoms. The molecule has 1 saturated carbocycles. The number of rotatable bonds is 5. The lowest BCUT2D eigenvalue weighted by Gasteiger charge is -2.17. The Morgan fingerprint density at radius 3 is 2.40 bits per heavy atom. The van der Waals surface area contributed by atoms with Crippen LogP contribution in [0, 0.1) is 11.7 Å². The SMILES string of the molecule is O=C(NC(Cc1ccc(F)cc1)C(=O)O)C1CCCC1. The molecule has 1 aromatic carbocycles. The summed E-state index contributed by atoms with van der Waals surface area (Å²) in [7, 11) is 0. The fraction of sp³-hybridized carbons (Fsp3) is 0.467. The Bertz CT molecular complexity index is 480. The van der Waals surface area contributed by atoms with Gasteiger partial charge in [-0.2, -0.15) is 0 Å². The number of nitrogens with one attached hydrogen (secondary N) is 1. The van der Waals surface area contributed by atoms with Gasteiger partial charge in [-0.3, -0.25) is 4.79 Å². The second-order valence-electron chi connectivity index (χ2n) is 5.21. The van der Waals surface area contributed by atoms with Crippen LogP contribution in [-0.4, -0.2) is 23.0 Å².